The molecule has 0 fully saturated rings. The normalized spacial score (nSPS) is 11.9. The Kier molecular flexibility index (Phi) is 6.83. The molecular weight excluding hydrogens is 703 g/mol. The highest BCUT2D eigenvalue weighted by molar-refractivity contribution is 6.17. The lowest BCUT2D eigenvalue weighted by molar-refractivity contribution is 0.667. The van der Waals surface area contributed by atoms with Crippen molar-refractivity contribution in [2.45, 2.75) is 0 Å². The Morgan fingerprint density at radius 2 is 0.825 bits per heavy atom. The van der Waals surface area contributed by atoms with Gasteiger partial charge in [-0.05, 0) is 53.6 Å². The van der Waals surface area contributed by atoms with Crippen LogP contribution in [0.3, 0.4) is 0 Å². The summed E-state index contributed by atoms with van der Waals surface area (Å²) >= 11 is 0. The number of furan rings is 3. The van der Waals surface area contributed by atoms with Crippen molar-refractivity contribution in [1.29, 1.82) is 0 Å². The Morgan fingerprint density at radius 1 is 0.281 bits per heavy atom. The molecule has 12 rings (SSSR count). The summed E-state index contributed by atoms with van der Waals surface area (Å²) in [4.78, 5) is 15.1. The largest absolute Gasteiger partial charge is 0.456 e. The lowest BCUT2D eigenvalue weighted by atomic mass is 9.94. The summed E-state index contributed by atoms with van der Waals surface area (Å²) in [6.07, 6.45) is 0. The summed E-state index contributed by atoms with van der Waals surface area (Å²) in [7, 11) is 0. The average Bonchev–Trinajstić information content (AvgIpc) is 3.97. The highest BCUT2D eigenvalue weighted by Crippen LogP contribution is 2.45. The molecule has 4 aromatic heterocycles. The van der Waals surface area contributed by atoms with E-state index in [-0.39, 0.29) is 0 Å². The first kappa shape index (κ1) is 31.5. The fourth-order valence-electron chi connectivity index (χ4n) is 8.28. The molecule has 57 heavy (non-hydrogen) atoms. The number of para-hydroxylation sites is 3. The second-order valence-corrected chi connectivity index (χ2v) is 14.3. The molecule has 8 aromatic carbocycles. The van der Waals surface area contributed by atoms with Crippen molar-refractivity contribution >= 4 is 65.8 Å². The fourth-order valence-corrected chi connectivity index (χ4v) is 8.28. The van der Waals surface area contributed by atoms with Gasteiger partial charge in [-0.2, -0.15) is 0 Å². The van der Waals surface area contributed by atoms with E-state index in [1.165, 1.54) is 0 Å². The number of hydrogen-bond donors (Lipinski definition) is 0. The number of benzene rings is 8. The van der Waals surface area contributed by atoms with Gasteiger partial charge in [0.05, 0.1) is 0 Å². The number of fused-ring (bicyclic) bond motifs is 9. The van der Waals surface area contributed by atoms with Crippen LogP contribution in [0.2, 0.25) is 0 Å². The topological polar surface area (TPSA) is 78.1 Å². The highest BCUT2D eigenvalue weighted by Gasteiger charge is 2.22. The van der Waals surface area contributed by atoms with Crippen molar-refractivity contribution in [2.24, 2.45) is 0 Å². The van der Waals surface area contributed by atoms with Gasteiger partial charge in [-0.15, -0.1) is 0 Å². The van der Waals surface area contributed by atoms with Crippen molar-refractivity contribution in [1.82, 2.24) is 15.0 Å². The zero-order valence-electron chi connectivity index (χ0n) is 30.3. The van der Waals surface area contributed by atoms with Crippen molar-refractivity contribution in [3.63, 3.8) is 0 Å². The minimum atomic E-state index is 0.580. The van der Waals surface area contributed by atoms with Crippen molar-refractivity contribution in [2.75, 3.05) is 0 Å². The molecule has 0 spiro atoms. The fraction of sp³-hybridized carbons (Fsp3) is 0. The minimum absolute atomic E-state index is 0.580. The summed E-state index contributed by atoms with van der Waals surface area (Å²) < 4.78 is 19.8. The molecule has 0 radical (unpaired) electrons. The maximum absolute atomic E-state index is 6.84. The Hall–Kier alpha value is -7.83. The molecule has 6 heteroatoms. The van der Waals surface area contributed by atoms with Crippen LogP contribution in [-0.4, -0.2) is 15.0 Å². The SMILES string of the molecule is c1ccc(-c2nc(-c3ccccc3)nc(-c3cccc4oc5c(-c6cc(-c7ccc8c(c7)oc7ccccc78)c7oc8ccccc8c7c6)cccc5c34)n2)cc1. The molecule has 0 N–H and O–H groups in total. The molecule has 0 amide bonds. The molecular formula is C51H29N3O3. The molecule has 0 aliphatic carbocycles. The van der Waals surface area contributed by atoms with Crippen LogP contribution in [0.1, 0.15) is 0 Å². The van der Waals surface area contributed by atoms with Gasteiger partial charge in [0.1, 0.15) is 33.5 Å². The summed E-state index contributed by atoms with van der Waals surface area (Å²) in [6.45, 7) is 0. The number of hydrogen-bond acceptors (Lipinski definition) is 6. The lowest BCUT2D eigenvalue weighted by Crippen LogP contribution is -2.00. The third kappa shape index (κ3) is 5.01. The Bertz CT molecular complexity index is 3470. The molecule has 266 valence electrons. The third-order valence-corrected chi connectivity index (χ3v) is 10.9. The number of nitrogens with zero attached hydrogens (tertiary/aromatic N) is 3. The van der Waals surface area contributed by atoms with Gasteiger partial charge in [0.15, 0.2) is 17.5 Å². The second kappa shape index (κ2) is 12.3. The Labute approximate surface area is 325 Å². The van der Waals surface area contributed by atoms with E-state index in [0.717, 1.165) is 105 Å². The van der Waals surface area contributed by atoms with Crippen molar-refractivity contribution in [3.8, 4) is 56.4 Å². The average molecular weight is 732 g/mol. The van der Waals surface area contributed by atoms with E-state index >= 15 is 0 Å². The molecule has 0 atom stereocenters. The lowest BCUT2D eigenvalue weighted by Gasteiger charge is -2.10. The van der Waals surface area contributed by atoms with Gasteiger partial charge < -0.3 is 13.3 Å². The van der Waals surface area contributed by atoms with E-state index in [4.69, 9.17) is 28.2 Å². The van der Waals surface area contributed by atoms with Crippen LogP contribution in [0, 0.1) is 0 Å². The third-order valence-electron chi connectivity index (χ3n) is 10.9. The first-order chi connectivity index (χ1) is 28.2. The van der Waals surface area contributed by atoms with Gasteiger partial charge in [-0.1, -0.05) is 133 Å². The number of rotatable bonds is 5. The minimum Gasteiger partial charge on any atom is -0.456 e. The van der Waals surface area contributed by atoms with Crippen LogP contribution >= 0.6 is 0 Å². The van der Waals surface area contributed by atoms with Gasteiger partial charge in [0, 0.05) is 60.1 Å². The highest BCUT2D eigenvalue weighted by atomic mass is 16.3. The zero-order valence-corrected chi connectivity index (χ0v) is 30.3. The van der Waals surface area contributed by atoms with E-state index in [2.05, 4.69) is 72.8 Å². The second-order valence-electron chi connectivity index (χ2n) is 14.3. The quantitative estimate of drug-likeness (QED) is 0.175. The summed E-state index contributed by atoms with van der Waals surface area (Å²) in [5.74, 6) is 1.80. The van der Waals surface area contributed by atoms with Crippen molar-refractivity contribution < 1.29 is 13.3 Å². The van der Waals surface area contributed by atoms with Crippen LogP contribution in [0.4, 0.5) is 0 Å². The molecule has 0 unspecified atom stereocenters. The van der Waals surface area contributed by atoms with E-state index in [1.54, 1.807) is 0 Å². The predicted octanol–water partition coefficient (Wildman–Crippen LogP) is 13.9. The Morgan fingerprint density at radius 3 is 1.58 bits per heavy atom. The van der Waals surface area contributed by atoms with Crippen LogP contribution in [0.5, 0.6) is 0 Å². The van der Waals surface area contributed by atoms with E-state index in [0.29, 0.717) is 17.5 Å². The van der Waals surface area contributed by atoms with Crippen molar-refractivity contribution in [3.05, 3.63) is 176 Å². The molecule has 6 nitrogen and oxygen atoms in total. The van der Waals surface area contributed by atoms with Crippen LogP contribution in [-0.2, 0) is 0 Å². The van der Waals surface area contributed by atoms with E-state index in [9.17, 15) is 0 Å². The van der Waals surface area contributed by atoms with Gasteiger partial charge in [0.2, 0.25) is 0 Å². The monoisotopic (exact) mass is 731 g/mol. The summed E-state index contributed by atoms with van der Waals surface area (Å²) in [5.41, 5.74) is 11.6. The smallest absolute Gasteiger partial charge is 0.164 e. The standard InChI is InChI=1S/C51H29N3O3/c1-3-13-30(14-4-1)49-52-50(31-15-5-2-6-16-31)54-51(53-49)39-21-12-24-44-46(39)38-20-11-19-34(47(38)57-44)33-27-40(48-41(28-33)36-18-8-10-23-43(36)56-48)32-25-26-37-35-17-7-9-22-42(35)55-45(37)29-32/h1-29H. The maximum Gasteiger partial charge on any atom is 0.164 e. The van der Waals surface area contributed by atoms with Gasteiger partial charge in [0.25, 0.3) is 0 Å². The Balaban J connectivity index is 1.08. The number of aromatic nitrogens is 3. The molecule has 0 saturated heterocycles. The van der Waals surface area contributed by atoms with E-state index < -0.39 is 0 Å². The maximum atomic E-state index is 6.84. The van der Waals surface area contributed by atoms with Crippen LogP contribution in [0.15, 0.2) is 189 Å². The predicted molar refractivity (Wildman–Crippen MR) is 229 cm³/mol. The molecule has 12 aromatic rings. The molecule has 0 bridgehead atoms. The first-order valence-corrected chi connectivity index (χ1v) is 18.9. The van der Waals surface area contributed by atoms with E-state index in [1.807, 2.05) is 103 Å². The van der Waals surface area contributed by atoms with Gasteiger partial charge in [-0.25, -0.2) is 15.0 Å². The molecule has 4 heterocycles. The van der Waals surface area contributed by atoms with Crippen LogP contribution < -0.4 is 0 Å². The zero-order chi connectivity index (χ0) is 37.5. The van der Waals surface area contributed by atoms with Gasteiger partial charge in [-0.3, -0.25) is 0 Å². The molecule has 0 aliphatic rings. The molecule has 0 aliphatic heterocycles. The van der Waals surface area contributed by atoms with Gasteiger partial charge >= 0.3 is 0 Å². The summed E-state index contributed by atoms with van der Waals surface area (Å²) in [6, 6.07) is 59.7. The van der Waals surface area contributed by atoms with Crippen LogP contribution in [0.25, 0.3) is 122 Å². The first-order valence-electron chi connectivity index (χ1n) is 18.9. The molecule has 0 saturated carbocycles. The summed E-state index contributed by atoms with van der Waals surface area (Å²) in [5, 5.41) is 6.19.